The minimum Gasteiger partial charge on any atom is -0.326 e. The van der Waals surface area contributed by atoms with E-state index in [9.17, 15) is 9.59 Å². The van der Waals surface area contributed by atoms with Gasteiger partial charge in [0.25, 0.3) is 0 Å². The van der Waals surface area contributed by atoms with E-state index in [0.29, 0.717) is 16.0 Å². The Morgan fingerprint density at radius 2 is 2.17 bits per heavy atom. The summed E-state index contributed by atoms with van der Waals surface area (Å²) in [6.07, 6.45) is 1.73. The van der Waals surface area contributed by atoms with Crippen LogP contribution < -0.4 is 10.6 Å². The predicted molar refractivity (Wildman–Crippen MR) is 96.1 cm³/mol. The predicted octanol–water partition coefficient (Wildman–Crippen LogP) is 3.15. The van der Waals surface area contributed by atoms with Crippen LogP contribution in [0.4, 0.5) is 10.8 Å². The molecule has 1 aromatic heterocycles. The van der Waals surface area contributed by atoms with Crippen molar-refractivity contribution in [3.8, 4) is 0 Å². The van der Waals surface area contributed by atoms with Crippen LogP contribution in [-0.4, -0.2) is 27.2 Å². The first kappa shape index (κ1) is 16.2. The van der Waals surface area contributed by atoms with Crippen molar-refractivity contribution in [2.45, 2.75) is 11.7 Å². The van der Waals surface area contributed by atoms with E-state index in [2.05, 4.69) is 36.5 Å². The maximum atomic E-state index is 12.1. The zero-order valence-electron chi connectivity index (χ0n) is 11.7. The molecule has 6 nitrogen and oxygen atoms in total. The summed E-state index contributed by atoms with van der Waals surface area (Å²) in [4.78, 5) is 32.3. The van der Waals surface area contributed by atoms with Gasteiger partial charge in [-0.2, -0.15) is 4.99 Å². The van der Waals surface area contributed by atoms with E-state index < -0.39 is 5.25 Å². The van der Waals surface area contributed by atoms with Gasteiger partial charge in [-0.3, -0.25) is 9.59 Å². The Morgan fingerprint density at radius 3 is 2.87 bits per heavy atom. The monoisotopic (exact) mass is 410 g/mol. The number of thiazole rings is 1. The third-order valence-corrected chi connectivity index (χ3v) is 5.17. The highest BCUT2D eigenvalue weighted by Gasteiger charge is 2.32. The van der Waals surface area contributed by atoms with Crippen molar-refractivity contribution in [3.05, 3.63) is 40.3 Å². The van der Waals surface area contributed by atoms with Crippen LogP contribution in [0, 0.1) is 0 Å². The molecule has 9 heteroatoms. The number of nitrogens with one attached hydrogen (secondary N) is 2. The normalized spacial score (nSPS) is 18.9. The number of anilines is 1. The minimum absolute atomic E-state index is 0.0868. The summed E-state index contributed by atoms with van der Waals surface area (Å²) in [5, 5.41) is 7.83. The van der Waals surface area contributed by atoms with E-state index in [1.54, 1.807) is 18.3 Å². The van der Waals surface area contributed by atoms with E-state index in [0.717, 1.165) is 4.47 Å². The largest absolute Gasteiger partial charge is 0.326 e. The fourth-order valence-electron chi connectivity index (χ4n) is 1.86. The van der Waals surface area contributed by atoms with Crippen molar-refractivity contribution in [1.29, 1.82) is 0 Å². The summed E-state index contributed by atoms with van der Waals surface area (Å²) < 4.78 is 0.935. The lowest BCUT2D eigenvalue weighted by Gasteiger charge is -2.07. The van der Waals surface area contributed by atoms with Crippen LogP contribution in [0.1, 0.15) is 6.42 Å². The smallest absolute Gasteiger partial charge is 0.240 e. The molecule has 2 amide bonds. The number of carbonyl (C=O) groups is 2. The summed E-state index contributed by atoms with van der Waals surface area (Å²) in [6, 6.07) is 7.26. The van der Waals surface area contributed by atoms with Crippen LogP contribution in [0.25, 0.3) is 0 Å². The number of amidine groups is 1. The number of aromatic nitrogens is 1. The Kier molecular flexibility index (Phi) is 5.09. The molecule has 0 saturated carbocycles. The summed E-state index contributed by atoms with van der Waals surface area (Å²) in [5.74, 6) is -0.424. The standard InChI is InChI=1S/C14H11BrN4O2S2/c15-8-1-3-9(4-2-8)17-11(20)7-10-12(21)18-14(23-10)19-13-16-5-6-22-13/h1-6,10H,7H2,(H,17,20)(H,16,18,19,21)/t10-/m1/s1. The molecule has 2 aromatic rings. The molecule has 2 heterocycles. The molecule has 3 rings (SSSR count). The number of rotatable bonds is 4. The molecule has 118 valence electrons. The molecule has 1 aliphatic heterocycles. The van der Waals surface area contributed by atoms with Crippen molar-refractivity contribution in [2.75, 3.05) is 5.32 Å². The van der Waals surface area contributed by atoms with Crippen molar-refractivity contribution < 1.29 is 9.59 Å². The molecule has 1 saturated heterocycles. The average Bonchev–Trinajstić information content (AvgIpc) is 3.12. The van der Waals surface area contributed by atoms with Crippen molar-refractivity contribution in [2.24, 2.45) is 4.99 Å². The Labute approximate surface area is 148 Å². The number of amides is 2. The van der Waals surface area contributed by atoms with Gasteiger partial charge in [0, 0.05) is 28.2 Å². The highest BCUT2D eigenvalue weighted by atomic mass is 79.9. The lowest BCUT2D eigenvalue weighted by Crippen LogP contribution is -2.28. The van der Waals surface area contributed by atoms with Crippen LogP contribution in [-0.2, 0) is 9.59 Å². The van der Waals surface area contributed by atoms with Gasteiger partial charge in [-0.05, 0) is 24.3 Å². The fourth-order valence-corrected chi connectivity index (χ4v) is 3.66. The first-order valence-electron chi connectivity index (χ1n) is 6.61. The molecule has 2 N–H and O–H groups in total. The number of nitrogens with zero attached hydrogens (tertiary/aromatic N) is 2. The zero-order chi connectivity index (χ0) is 16.2. The van der Waals surface area contributed by atoms with E-state index in [1.165, 1.54) is 23.1 Å². The molecule has 1 aromatic carbocycles. The number of hydrogen-bond acceptors (Lipinski definition) is 6. The fraction of sp³-hybridized carbons (Fsp3) is 0.143. The van der Waals surface area contributed by atoms with Crippen molar-refractivity contribution >= 4 is 66.8 Å². The van der Waals surface area contributed by atoms with Crippen LogP contribution in [0.2, 0.25) is 0 Å². The summed E-state index contributed by atoms with van der Waals surface area (Å²) in [7, 11) is 0. The Morgan fingerprint density at radius 1 is 1.39 bits per heavy atom. The number of carbonyl (C=O) groups excluding carboxylic acids is 2. The van der Waals surface area contributed by atoms with Gasteiger partial charge in [-0.1, -0.05) is 27.7 Å². The molecule has 0 aliphatic carbocycles. The molecule has 0 unspecified atom stereocenters. The van der Waals surface area contributed by atoms with E-state index in [4.69, 9.17) is 0 Å². The van der Waals surface area contributed by atoms with Gasteiger partial charge in [0.05, 0.1) is 0 Å². The van der Waals surface area contributed by atoms with Gasteiger partial charge in [0.15, 0.2) is 5.17 Å². The van der Waals surface area contributed by atoms with Gasteiger partial charge >= 0.3 is 0 Å². The van der Waals surface area contributed by atoms with Crippen LogP contribution in [0.5, 0.6) is 0 Å². The highest BCUT2D eigenvalue weighted by Crippen LogP contribution is 2.26. The zero-order valence-corrected chi connectivity index (χ0v) is 14.9. The molecule has 1 fully saturated rings. The maximum absolute atomic E-state index is 12.1. The second-order valence-electron chi connectivity index (χ2n) is 4.59. The third kappa shape index (κ3) is 4.40. The highest BCUT2D eigenvalue weighted by molar-refractivity contribution is 9.10. The molecule has 0 bridgehead atoms. The first-order valence-corrected chi connectivity index (χ1v) is 9.16. The Hall–Kier alpha value is -1.71. The molecular formula is C14H11BrN4O2S2. The van der Waals surface area contributed by atoms with E-state index in [1.807, 2.05) is 17.5 Å². The maximum Gasteiger partial charge on any atom is 0.240 e. The summed E-state index contributed by atoms with van der Waals surface area (Å²) >= 11 is 5.96. The lowest BCUT2D eigenvalue weighted by atomic mass is 10.2. The Balaban J connectivity index is 1.58. The van der Waals surface area contributed by atoms with Gasteiger partial charge in [-0.15, -0.1) is 11.3 Å². The Bertz CT molecular complexity index is 747. The van der Waals surface area contributed by atoms with Gasteiger partial charge in [0.1, 0.15) is 5.25 Å². The van der Waals surface area contributed by atoms with Crippen LogP contribution >= 0.6 is 39.0 Å². The molecule has 0 radical (unpaired) electrons. The quantitative estimate of drug-likeness (QED) is 0.810. The van der Waals surface area contributed by atoms with Crippen molar-refractivity contribution in [3.63, 3.8) is 0 Å². The third-order valence-electron chi connectivity index (χ3n) is 2.89. The van der Waals surface area contributed by atoms with Crippen molar-refractivity contribution in [1.82, 2.24) is 10.3 Å². The van der Waals surface area contributed by atoms with E-state index in [-0.39, 0.29) is 18.2 Å². The number of halogens is 1. The summed E-state index contributed by atoms with van der Waals surface area (Å²) in [5.41, 5.74) is 0.693. The van der Waals surface area contributed by atoms with Crippen LogP contribution in [0.15, 0.2) is 45.3 Å². The van der Waals surface area contributed by atoms with Crippen LogP contribution in [0.3, 0.4) is 0 Å². The second kappa shape index (κ2) is 7.24. The molecule has 1 aliphatic rings. The van der Waals surface area contributed by atoms with Gasteiger partial charge < -0.3 is 10.6 Å². The molecule has 1 atom stereocenters. The van der Waals surface area contributed by atoms with Gasteiger partial charge in [0.2, 0.25) is 16.9 Å². The topological polar surface area (TPSA) is 83.5 Å². The number of hydrogen-bond donors (Lipinski definition) is 2. The minimum atomic E-state index is -0.482. The molecule has 23 heavy (non-hydrogen) atoms. The number of aliphatic imine (C=N–C) groups is 1. The van der Waals surface area contributed by atoms with Gasteiger partial charge in [-0.25, -0.2) is 4.98 Å². The second-order valence-corrected chi connectivity index (χ2v) is 7.57. The SMILES string of the molecule is O=C(C[C@H]1SC(=Nc2nccs2)NC1=O)Nc1ccc(Br)cc1. The average molecular weight is 411 g/mol. The first-order chi connectivity index (χ1) is 11.1. The molecular weight excluding hydrogens is 400 g/mol. The van der Waals surface area contributed by atoms with E-state index >= 15 is 0 Å². The number of benzene rings is 1. The summed E-state index contributed by atoms with van der Waals surface area (Å²) in [6.45, 7) is 0. The lowest BCUT2D eigenvalue weighted by molar-refractivity contribution is -0.122. The molecule has 0 spiro atoms. The number of thioether (sulfide) groups is 1.